The summed E-state index contributed by atoms with van der Waals surface area (Å²) in [5.41, 5.74) is -1.42. The maximum Gasteiger partial charge on any atom is 0.244 e. The summed E-state index contributed by atoms with van der Waals surface area (Å²) in [6, 6.07) is 9.66. The van der Waals surface area contributed by atoms with Gasteiger partial charge in [0, 0.05) is 18.1 Å². The van der Waals surface area contributed by atoms with Crippen LogP contribution in [0.5, 0.6) is 0 Å². The standard InChI is InChI=1S/C18H19Cl2NO6S2/c1-12-2-7-16(15(20)8-12)29(26,27)21-9-17(18(23,10-21)11-22)28(24,25)14-5-3-13(19)4-6-14/h2-8,17,22-23H,9-11H2,1H3/t17-,18-/m0/s1. The summed E-state index contributed by atoms with van der Waals surface area (Å²) in [6.45, 7) is -0.308. The van der Waals surface area contributed by atoms with Gasteiger partial charge < -0.3 is 10.2 Å². The molecule has 1 aliphatic rings. The molecule has 29 heavy (non-hydrogen) atoms. The van der Waals surface area contributed by atoms with Crippen molar-refractivity contribution in [3.05, 3.63) is 58.1 Å². The molecular formula is C18H19Cl2NO6S2. The Kier molecular flexibility index (Phi) is 6.05. The van der Waals surface area contributed by atoms with Crippen molar-refractivity contribution < 1.29 is 27.0 Å². The monoisotopic (exact) mass is 479 g/mol. The Bertz CT molecular complexity index is 1140. The number of halogens is 2. The molecule has 2 aromatic rings. The van der Waals surface area contributed by atoms with Crippen LogP contribution in [-0.2, 0) is 19.9 Å². The zero-order valence-electron chi connectivity index (χ0n) is 15.3. The highest BCUT2D eigenvalue weighted by Crippen LogP contribution is 2.36. The minimum Gasteiger partial charge on any atom is -0.393 e. The fourth-order valence-electron chi connectivity index (χ4n) is 3.29. The van der Waals surface area contributed by atoms with Crippen molar-refractivity contribution in [1.29, 1.82) is 0 Å². The average Bonchev–Trinajstić information content (AvgIpc) is 3.02. The molecule has 1 heterocycles. The van der Waals surface area contributed by atoms with Gasteiger partial charge in [0.15, 0.2) is 9.84 Å². The van der Waals surface area contributed by atoms with Gasteiger partial charge in [-0.05, 0) is 48.9 Å². The molecule has 0 unspecified atom stereocenters. The summed E-state index contributed by atoms with van der Waals surface area (Å²) in [4.78, 5) is -0.332. The fraction of sp³-hybridized carbons (Fsp3) is 0.333. The predicted octanol–water partition coefficient (Wildman–Crippen LogP) is 1.87. The SMILES string of the molecule is Cc1ccc(S(=O)(=O)N2C[C@H](S(=O)(=O)c3ccc(Cl)cc3)[C@@](O)(CO)C2)c(Cl)c1. The Morgan fingerprint density at radius 2 is 1.72 bits per heavy atom. The fourth-order valence-corrected chi connectivity index (χ4v) is 7.55. The Morgan fingerprint density at radius 3 is 2.28 bits per heavy atom. The molecule has 0 radical (unpaired) electrons. The van der Waals surface area contributed by atoms with Gasteiger partial charge in [-0.3, -0.25) is 0 Å². The minimum atomic E-state index is -4.20. The van der Waals surface area contributed by atoms with Gasteiger partial charge in [-0.15, -0.1) is 0 Å². The van der Waals surface area contributed by atoms with E-state index in [0.29, 0.717) is 5.02 Å². The van der Waals surface area contributed by atoms with E-state index in [-0.39, 0.29) is 14.8 Å². The Balaban J connectivity index is 2.03. The molecule has 2 aromatic carbocycles. The first kappa shape index (κ1) is 22.5. The lowest BCUT2D eigenvalue weighted by atomic mass is 10.1. The Labute approximate surface area is 179 Å². The highest BCUT2D eigenvalue weighted by atomic mass is 35.5. The number of nitrogens with zero attached hydrogens (tertiary/aromatic N) is 1. The van der Waals surface area contributed by atoms with E-state index in [1.54, 1.807) is 13.0 Å². The zero-order valence-corrected chi connectivity index (χ0v) is 18.4. The number of hydrogen-bond acceptors (Lipinski definition) is 6. The first-order valence-corrected chi connectivity index (χ1v) is 12.2. The summed E-state index contributed by atoms with van der Waals surface area (Å²) < 4.78 is 53.1. The first-order valence-electron chi connectivity index (χ1n) is 8.51. The lowest BCUT2D eigenvalue weighted by Gasteiger charge is -2.26. The second-order valence-electron chi connectivity index (χ2n) is 6.98. The lowest BCUT2D eigenvalue weighted by Crippen LogP contribution is -2.49. The molecule has 7 nitrogen and oxygen atoms in total. The highest BCUT2D eigenvalue weighted by molar-refractivity contribution is 7.92. The van der Waals surface area contributed by atoms with Crippen molar-refractivity contribution in [2.24, 2.45) is 0 Å². The molecule has 2 N–H and O–H groups in total. The molecular weight excluding hydrogens is 461 g/mol. The van der Waals surface area contributed by atoms with E-state index in [4.69, 9.17) is 23.2 Å². The van der Waals surface area contributed by atoms with Gasteiger partial charge >= 0.3 is 0 Å². The third kappa shape index (κ3) is 4.05. The van der Waals surface area contributed by atoms with E-state index in [2.05, 4.69) is 0 Å². The quantitative estimate of drug-likeness (QED) is 0.676. The number of sulfonamides is 1. The third-order valence-electron chi connectivity index (χ3n) is 4.91. The first-order chi connectivity index (χ1) is 13.4. The van der Waals surface area contributed by atoms with Crippen LogP contribution in [0, 0.1) is 6.92 Å². The molecule has 0 spiro atoms. The number of hydrogen-bond donors (Lipinski definition) is 2. The molecule has 0 aliphatic carbocycles. The Morgan fingerprint density at radius 1 is 1.10 bits per heavy atom. The van der Waals surface area contributed by atoms with Gasteiger partial charge in [0.25, 0.3) is 0 Å². The summed E-state index contributed by atoms with van der Waals surface area (Å²) in [6.07, 6.45) is 0. The molecule has 1 aliphatic heterocycles. The van der Waals surface area contributed by atoms with Crippen molar-refractivity contribution in [3.63, 3.8) is 0 Å². The summed E-state index contributed by atoms with van der Waals surface area (Å²) in [5, 5.41) is 19.3. The molecule has 2 atom stereocenters. The molecule has 0 aromatic heterocycles. The molecule has 1 fully saturated rings. The normalized spacial score (nSPS) is 23.4. The van der Waals surface area contributed by atoms with Crippen LogP contribution in [0.1, 0.15) is 5.56 Å². The molecule has 3 rings (SSSR count). The minimum absolute atomic E-state index is 0.0125. The van der Waals surface area contributed by atoms with Crippen LogP contribution in [-0.4, -0.2) is 61.9 Å². The van der Waals surface area contributed by atoms with E-state index in [1.807, 2.05) is 0 Å². The van der Waals surface area contributed by atoms with E-state index >= 15 is 0 Å². The summed E-state index contributed by atoms with van der Waals surface area (Å²) in [7, 11) is -8.38. The van der Waals surface area contributed by atoms with Crippen LogP contribution in [0.15, 0.2) is 52.3 Å². The molecule has 0 amide bonds. The predicted molar refractivity (Wildman–Crippen MR) is 109 cm³/mol. The second-order valence-corrected chi connectivity index (χ2v) is 11.9. The van der Waals surface area contributed by atoms with Crippen LogP contribution in [0.2, 0.25) is 10.0 Å². The molecule has 11 heteroatoms. The van der Waals surface area contributed by atoms with Crippen LogP contribution >= 0.6 is 23.2 Å². The number of aliphatic hydroxyl groups excluding tert-OH is 1. The summed E-state index contributed by atoms with van der Waals surface area (Å²) in [5.74, 6) is 0. The number of aliphatic hydroxyl groups is 2. The van der Waals surface area contributed by atoms with Gasteiger partial charge in [0.05, 0.1) is 16.5 Å². The molecule has 158 valence electrons. The molecule has 1 saturated heterocycles. The van der Waals surface area contributed by atoms with Crippen molar-refractivity contribution in [2.45, 2.75) is 27.6 Å². The average molecular weight is 480 g/mol. The van der Waals surface area contributed by atoms with Gasteiger partial charge in [-0.1, -0.05) is 29.3 Å². The third-order valence-corrected chi connectivity index (χ3v) is 9.73. The zero-order chi connectivity index (χ0) is 21.6. The smallest absolute Gasteiger partial charge is 0.244 e. The Hall–Kier alpha value is -1.20. The van der Waals surface area contributed by atoms with E-state index in [9.17, 15) is 27.0 Å². The molecule has 0 bridgehead atoms. The second kappa shape index (κ2) is 7.81. The van der Waals surface area contributed by atoms with Crippen molar-refractivity contribution in [3.8, 4) is 0 Å². The van der Waals surface area contributed by atoms with E-state index < -0.39 is 50.4 Å². The summed E-state index contributed by atoms with van der Waals surface area (Å²) >= 11 is 11.9. The van der Waals surface area contributed by atoms with Crippen LogP contribution in [0.4, 0.5) is 0 Å². The van der Waals surface area contributed by atoms with Gasteiger partial charge in [0.1, 0.15) is 15.7 Å². The maximum absolute atomic E-state index is 13.1. The van der Waals surface area contributed by atoms with Crippen LogP contribution < -0.4 is 0 Å². The van der Waals surface area contributed by atoms with E-state index in [1.165, 1.54) is 36.4 Å². The van der Waals surface area contributed by atoms with E-state index in [0.717, 1.165) is 9.87 Å². The number of β-amino-alcohol motifs (C(OH)–C–C–N with tert-alkyl or cyclic N) is 1. The largest absolute Gasteiger partial charge is 0.393 e. The van der Waals surface area contributed by atoms with Crippen molar-refractivity contribution in [1.82, 2.24) is 4.31 Å². The number of aryl methyl sites for hydroxylation is 1. The van der Waals surface area contributed by atoms with Gasteiger partial charge in [0.2, 0.25) is 10.0 Å². The van der Waals surface area contributed by atoms with Crippen molar-refractivity contribution >= 4 is 43.1 Å². The van der Waals surface area contributed by atoms with Gasteiger partial charge in [-0.25, -0.2) is 16.8 Å². The number of rotatable bonds is 5. The van der Waals surface area contributed by atoms with Crippen LogP contribution in [0.25, 0.3) is 0 Å². The van der Waals surface area contributed by atoms with Crippen molar-refractivity contribution in [2.75, 3.05) is 19.7 Å². The number of benzene rings is 2. The maximum atomic E-state index is 13.1. The lowest BCUT2D eigenvalue weighted by molar-refractivity contribution is 0.00160. The molecule has 0 saturated carbocycles. The van der Waals surface area contributed by atoms with Gasteiger partial charge in [-0.2, -0.15) is 4.31 Å². The number of sulfone groups is 1. The highest BCUT2D eigenvalue weighted by Gasteiger charge is 2.55. The topological polar surface area (TPSA) is 112 Å². The van der Waals surface area contributed by atoms with Crippen LogP contribution in [0.3, 0.4) is 0 Å².